The van der Waals surface area contributed by atoms with E-state index in [9.17, 15) is 18.0 Å². The van der Waals surface area contributed by atoms with E-state index in [-0.39, 0.29) is 24.2 Å². The Hall–Kier alpha value is -1.50. The van der Waals surface area contributed by atoms with Gasteiger partial charge in [0.15, 0.2) is 0 Å². The van der Waals surface area contributed by atoms with Gasteiger partial charge < -0.3 is 11.1 Å². The van der Waals surface area contributed by atoms with Crippen LogP contribution in [0.5, 0.6) is 0 Å². The molecule has 0 unspecified atom stereocenters. The second kappa shape index (κ2) is 10.8. The van der Waals surface area contributed by atoms with Gasteiger partial charge in [-0.1, -0.05) is 13.0 Å². The van der Waals surface area contributed by atoms with Crippen LogP contribution in [0.1, 0.15) is 47.0 Å². The molecular formula is C21H29ClN4O4S3. The zero-order valence-electron chi connectivity index (χ0n) is 18.4. The number of amides is 2. The molecule has 4 rings (SSSR count). The molecule has 4 heterocycles. The molecule has 33 heavy (non-hydrogen) atoms. The van der Waals surface area contributed by atoms with Crippen LogP contribution in [-0.2, 0) is 27.8 Å². The third kappa shape index (κ3) is 5.44. The highest BCUT2D eigenvalue weighted by molar-refractivity contribution is 7.91. The van der Waals surface area contributed by atoms with Crippen molar-refractivity contribution in [3.8, 4) is 0 Å². The number of nitrogens with one attached hydrogen (secondary N) is 1. The van der Waals surface area contributed by atoms with E-state index in [0.29, 0.717) is 40.7 Å². The molecule has 1 fully saturated rings. The predicted octanol–water partition coefficient (Wildman–Crippen LogP) is 3.14. The highest BCUT2D eigenvalue weighted by Crippen LogP contribution is 2.37. The number of halogens is 1. The Morgan fingerprint density at radius 1 is 1.24 bits per heavy atom. The Balaban J connectivity index is 0.00000306. The maximum absolute atomic E-state index is 13.0. The normalized spacial score (nSPS) is 17.8. The van der Waals surface area contributed by atoms with Crippen molar-refractivity contribution in [1.82, 2.24) is 9.21 Å². The molecule has 0 aromatic carbocycles. The van der Waals surface area contributed by atoms with Gasteiger partial charge in [0.2, 0.25) is 5.91 Å². The number of hydrogen-bond acceptors (Lipinski definition) is 7. The lowest BCUT2D eigenvalue weighted by Crippen LogP contribution is -2.41. The number of nitrogens with zero attached hydrogens (tertiary/aromatic N) is 2. The summed E-state index contributed by atoms with van der Waals surface area (Å²) in [4.78, 5) is 28.6. The van der Waals surface area contributed by atoms with Gasteiger partial charge in [0, 0.05) is 37.0 Å². The first-order chi connectivity index (χ1) is 15.3. The number of rotatable bonds is 7. The molecule has 2 amide bonds. The van der Waals surface area contributed by atoms with Crippen molar-refractivity contribution in [3.63, 3.8) is 0 Å². The van der Waals surface area contributed by atoms with Crippen molar-refractivity contribution >= 4 is 61.9 Å². The van der Waals surface area contributed by atoms with Crippen molar-refractivity contribution in [2.75, 3.05) is 31.5 Å². The second-order valence-corrected chi connectivity index (χ2v) is 12.4. The number of piperidine rings is 1. The van der Waals surface area contributed by atoms with E-state index < -0.39 is 15.9 Å². The first kappa shape index (κ1) is 26.1. The summed E-state index contributed by atoms with van der Waals surface area (Å²) in [5, 5.41) is 5.21. The van der Waals surface area contributed by atoms with Gasteiger partial charge in [-0.3, -0.25) is 14.5 Å². The monoisotopic (exact) mass is 532 g/mol. The van der Waals surface area contributed by atoms with Crippen molar-refractivity contribution in [2.45, 2.75) is 43.4 Å². The molecule has 2 aliphatic heterocycles. The zero-order chi connectivity index (χ0) is 22.9. The van der Waals surface area contributed by atoms with E-state index in [1.54, 1.807) is 17.5 Å². The summed E-state index contributed by atoms with van der Waals surface area (Å²) in [6.45, 7) is 5.38. The lowest BCUT2D eigenvalue weighted by molar-refractivity contribution is -0.120. The van der Waals surface area contributed by atoms with Crippen molar-refractivity contribution in [3.05, 3.63) is 33.5 Å². The molecule has 0 spiro atoms. The Morgan fingerprint density at radius 2 is 1.97 bits per heavy atom. The average molecular weight is 533 g/mol. The molecule has 8 nitrogen and oxygen atoms in total. The summed E-state index contributed by atoms with van der Waals surface area (Å²) >= 11 is 2.63. The van der Waals surface area contributed by atoms with Gasteiger partial charge in [0.05, 0.1) is 5.56 Å². The number of carbonyl (C=O) groups excluding carboxylic acids is 2. The van der Waals surface area contributed by atoms with Crippen LogP contribution >= 0.6 is 35.1 Å². The summed E-state index contributed by atoms with van der Waals surface area (Å²) in [7, 11) is -3.50. The third-order valence-electron chi connectivity index (χ3n) is 6.07. The number of carbonyl (C=O) groups is 2. The van der Waals surface area contributed by atoms with Gasteiger partial charge in [-0.15, -0.1) is 35.1 Å². The largest absolute Gasteiger partial charge is 0.365 e. The SMILES string of the molecule is CCCN1CCc2c(sc(NC(=O)C3CCN(S(=O)(=O)c4cccs4)CC3)c2C(N)=O)C1.Cl. The number of primary amides is 1. The number of hydrogen-bond donors (Lipinski definition) is 2. The number of anilines is 1. The van der Waals surface area contributed by atoms with E-state index in [0.717, 1.165) is 42.9 Å². The zero-order valence-corrected chi connectivity index (χ0v) is 21.7. The minimum atomic E-state index is -3.50. The number of sulfonamides is 1. The Bertz CT molecular complexity index is 1090. The Kier molecular flexibility index (Phi) is 8.57. The molecule has 1 saturated heterocycles. The molecular weight excluding hydrogens is 504 g/mol. The molecule has 2 aliphatic rings. The topological polar surface area (TPSA) is 113 Å². The van der Waals surface area contributed by atoms with Gasteiger partial charge in [-0.25, -0.2) is 8.42 Å². The second-order valence-electron chi connectivity index (χ2n) is 8.20. The molecule has 12 heteroatoms. The minimum absolute atomic E-state index is 0. The van der Waals surface area contributed by atoms with E-state index in [1.807, 2.05) is 0 Å². The van der Waals surface area contributed by atoms with Crippen LogP contribution in [0.4, 0.5) is 5.00 Å². The van der Waals surface area contributed by atoms with E-state index in [2.05, 4.69) is 17.1 Å². The van der Waals surface area contributed by atoms with E-state index in [4.69, 9.17) is 5.73 Å². The van der Waals surface area contributed by atoms with Crippen LogP contribution in [-0.4, -0.2) is 55.6 Å². The summed E-state index contributed by atoms with van der Waals surface area (Å²) in [5.41, 5.74) is 7.07. The predicted molar refractivity (Wildman–Crippen MR) is 134 cm³/mol. The highest BCUT2D eigenvalue weighted by Gasteiger charge is 2.34. The molecule has 0 atom stereocenters. The summed E-state index contributed by atoms with van der Waals surface area (Å²) in [5.74, 6) is -0.996. The fourth-order valence-electron chi connectivity index (χ4n) is 4.42. The van der Waals surface area contributed by atoms with E-state index in [1.165, 1.54) is 27.0 Å². The molecule has 2 aromatic heterocycles. The Morgan fingerprint density at radius 3 is 2.58 bits per heavy atom. The standard InChI is InChI=1S/C21H28N4O4S3.ClH/c1-2-8-24-9-7-15-16(13-24)31-21(18(15)19(22)26)23-20(27)14-5-10-25(11-6-14)32(28,29)17-4-3-12-30-17;/h3-4,12,14H,2,5-11,13H2,1H3,(H2,22,26)(H,23,27);1H. The maximum Gasteiger partial charge on any atom is 0.252 e. The van der Waals surface area contributed by atoms with Gasteiger partial charge >= 0.3 is 0 Å². The van der Waals surface area contributed by atoms with Crippen LogP contribution in [0.25, 0.3) is 0 Å². The van der Waals surface area contributed by atoms with Crippen LogP contribution in [0.2, 0.25) is 0 Å². The Labute approximate surface area is 208 Å². The average Bonchev–Trinajstić information content (AvgIpc) is 3.42. The lowest BCUT2D eigenvalue weighted by atomic mass is 9.97. The quantitative estimate of drug-likeness (QED) is 0.568. The maximum atomic E-state index is 13.0. The van der Waals surface area contributed by atoms with Gasteiger partial charge in [0.1, 0.15) is 9.21 Å². The number of nitrogens with two attached hydrogens (primary N) is 1. The molecule has 182 valence electrons. The third-order valence-corrected chi connectivity index (χ3v) is 10.5. The number of thiophene rings is 2. The summed E-state index contributed by atoms with van der Waals surface area (Å²) < 4.78 is 27.2. The fraction of sp³-hybridized carbons (Fsp3) is 0.524. The van der Waals surface area contributed by atoms with Gasteiger partial charge in [0.25, 0.3) is 15.9 Å². The van der Waals surface area contributed by atoms with Crippen LogP contribution in [0, 0.1) is 5.92 Å². The minimum Gasteiger partial charge on any atom is -0.365 e. The molecule has 0 bridgehead atoms. The van der Waals surface area contributed by atoms with Crippen molar-refractivity contribution in [2.24, 2.45) is 11.7 Å². The van der Waals surface area contributed by atoms with E-state index >= 15 is 0 Å². The molecule has 0 radical (unpaired) electrons. The lowest BCUT2D eigenvalue weighted by Gasteiger charge is -2.30. The molecule has 3 N–H and O–H groups in total. The van der Waals surface area contributed by atoms with Crippen molar-refractivity contribution < 1.29 is 18.0 Å². The fourth-order valence-corrected chi connectivity index (χ4v) is 8.33. The van der Waals surface area contributed by atoms with Gasteiger partial charge in [-0.05, 0) is 49.2 Å². The highest BCUT2D eigenvalue weighted by atomic mass is 35.5. The first-order valence-electron chi connectivity index (χ1n) is 10.8. The van der Waals surface area contributed by atoms with Crippen LogP contribution in [0.15, 0.2) is 21.7 Å². The first-order valence-corrected chi connectivity index (χ1v) is 14.0. The number of fused-ring (bicyclic) bond motifs is 1. The van der Waals surface area contributed by atoms with Gasteiger partial charge in [-0.2, -0.15) is 4.31 Å². The molecule has 0 aliphatic carbocycles. The summed E-state index contributed by atoms with van der Waals surface area (Å²) in [6.07, 6.45) is 2.70. The molecule has 2 aromatic rings. The molecule has 0 saturated carbocycles. The summed E-state index contributed by atoms with van der Waals surface area (Å²) in [6, 6.07) is 3.32. The smallest absolute Gasteiger partial charge is 0.252 e. The van der Waals surface area contributed by atoms with Crippen LogP contribution < -0.4 is 11.1 Å². The van der Waals surface area contributed by atoms with Crippen molar-refractivity contribution in [1.29, 1.82) is 0 Å². The van der Waals surface area contributed by atoms with Crippen LogP contribution in [0.3, 0.4) is 0 Å².